The Morgan fingerprint density at radius 2 is 1.57 bits per heavy atom. The standard InChI is InChI=1S/C33H40N2O9.C11H10N2O/c1-38-19-7-8-20-21-9-10-35-16-18-13-27(44-32(36)17-11-25(39-2)30(41-4)26(12-17)40-3)31(42-5)28(33(37)43-6)22(18)15-24(35)29(21)34-23(20)14-19;12-11(14)13-10-7-3-5-8-4-1-2-6-9(8)10/h7-8,11-12,14,18,22,24,27-28,31,34H,9-10,13,15-16H2,1-6H3;1-7H,(H3,12,13,14)/t18-,22+,24-,27-,28+,31+;/m1./s1. The predicted molar refractivity (Wildman–Crippen MR) is 218 cm³/mol. The summed E-state index contributed by atoms with van der Waals surface area (Å²) in [4.78, 5) is 43.9. The fourth-order valence-electron chi connectivity index (χ4n) is 9.23. The van der Waals surface area contributed by atoms with E-state index in [4.69, 9.17) is 38.9 Å². The fourth-order valence-corrected chi connectivity index (χ4v) is 9.23. The number of nitrogens with two attached hydrogens (primary N) is 1. The van der Waals surface area contributed by atoms with E-state index in [1.54, 1.807) is 26.4 Å². The molecule has 4 aromatic carbocycles. The molecule has 0 spiro atoms. The molecule has 2 amide bonds. The van der Waals surface area contributed by atoms with Gasteiger partial charge in [0.2, 0.25) is 5.75 Å². The Morgan fingerprint density at radius 3 is 2.24 bits per heavy atom. The van der Waals surface area contributed by atoms with Crippen molar-refractivity contribution in [3.05, 3.63) is 89.6 Å². The number of rotatable bonds is 9. The van der Waals surface area contributed by atoms with Crippen LogP contribution in [0.15, 0.2) is 72.8 Å². The van der Waals surface area contributed by atoms with Gasteiger partial charge in [0.05, 0.1) is 58.8 Å². The number of hydrogen-bond donors (Lipinski definition) is 3. The zero-order chi connectivity index (χ0) is 41.1. The minimum Gasteiger partial charge on any atom is -0.497 e. The van der Waals surface area contributed by atoms with Gasteiger partial charge in [-0.1, -0.05) is 36.4 Å². The van der Waals surface area contributed by atoms with Crippen molar-refractivity contribution >= 4 is 45.3 Å². The maximum Gasteiger partial charge on any atom is 0.338 e. The van der Waals surface area contributed by atoms with Gasteiger partial charge < -0.3 is 49.2 Å². The van der Waals surface area contributed by atoms with Gasteiger partial charge in [0.1, 0.15) is 18.0 Å². The van der Waals surface area contributed by atoms with E-state index in [9.17, 15) is 14.4 Å². The van der Waals surface area contributed by atoms with Crippen molar-refractivity contribution in [2.24, 2.45) is 23.5 Å². The van der Waals surface area contributed by atoms with Gasteiger partial charge >= 0.3 is 18.0 Å². The molecule has 8 rings (SSSR count). The number of aromatic amines is 1. The monoisotopic (exact) mass is 794 g/mol. The van der Waals surface area contributed by atoms with E-state index in [0.717, 1.165) is 53.7 Å². The number of anilines is 1. The lowest BCUT2D eigenvalue weighted by Crippen LogP contribution is -2.58. The molecule has 1 aliphatic carbocycles. The van der Waals surface area contributed by atoms with Gasteiger partial charge in [0.25, 0.3) is 0 Å². The van der Waals surface area contributed by atoms with Crippen molar-refractivity contribution in [3.8, 4) is 23.0 Å². The lowest BCUT2D eigenvalue weighted by atomic mass is 9.63. The van der Waals surface area contributed by atoms with Gasteiger partial charge in [0, 0.05) is 48.2 Å². The lowest BCUT2D eigenvalue weighted by Gasteiger charge is -2.52. The Labute approximate surface area is 336 Å². The van der Waals surface area contributed by atoms with Gasteiger partial charge in [0.15, 0.2) is 11.5 Å². The number of ether oxygens (including phenoxy) is 7. The molecule has 14 heteroatoms. The maximum atomic E-state index is 13.5. The van der Waals surface area contributed by atoms with E-state index in [-0.39, 0.29) is 29.4 Å². The number of H-pyrrole nitrogens is 1. The molecular weight excluding hydrogens is 745 g/mol. The van der Waals surface area contributed by atoms with Crippen LogP contribution in [-0.2, 0) is 25.4 Å². The highest BCUT2D eigenvalue weighted by molar-refractivity contribution is 6.01. The van der Waals surface area contributed by atoms with Crippen LogP contribution >= 0.6 is 0 Å². The maximum absolute atomic E-state index is 13.5. The number of nitrogens with one attached hydrogen (secondary N) is 2. The van der Waals surface area contributed by atoms with Gasteiger partial charge in [-0.05, 0) is 72.4 Å². The summed E-state index contributed by atoms with van der Waals surface area (Å²) >= 11 is 0. The molecule has 0 unspecified atom stereocenters. The molecule has 4 N–H and O–H groups in total. The smallest absolute Gasteiger partial charge is 0.338 e. The predicted octanol–water partition coefficient (Wildman–Crippen LogP) is 6.50. The van der Waals surface area contributed by atoms with Crippen LogP contribution in [-0.4, -0.2) is 95.8 Å². The summed E-state index contributed by atoms with van der Waals surface area (Å²) < 4.78 is 39.1. The van der Waals surface area contributed by atoms with E-state index in [2.05, 4.69) is 21.3 Å². The third kappa shape index (κ3) is 7.69. The summed E-state index contributed by atoms with van der Waals surface area (Å²) in [5.41, 5.74) is 9.64. The molecule has 3 aliphatic rings. The van der Waals surface area contributed by atoms with E-state index in [0.29, 0.717) is 23.7 Å². The summed E-state index contributed by atoms with van der Waals surface area (Å²) in [6.07, 6.45) is 0.920. The van der Waals surface area contributed by atoms with E-state index in [1.165, 1.54) is 45.1 Å². The number of methoxy groups -OCH3 is 6. The van der Waals surface area contributed by atoms with Crippen LogP contribution < -0.4 is 30.0 Å². The Bertz CT molecular complexity index is 2280. The van der Waals surface area contributed by atoms with E-state index >= 15 is 0 Å². The number of fused-ring (bicyclic) bond motifs is 7. The van der Waals surface area contributed by atoms with Crippen LogP contribution in [0.1, 0.15) is 40.5 Å². The van der Waals surface area contributed by atoms with Crippen molar-refractivity contribution in [3.63, 3.8) is 0 Å². The van der Waals surface area contributed by atoms with E-state index < -0.39 is 30.1 Å². The van der Waals surface area contributed by atoms with Gasteiger partial charge in [-0.15, -0.1) is 0 Å². The second-order valence-electron chi connectivity index (χ2n) is 14.7. The molecular formula is C44H50N4O10. The first-order valence-electron chi connectivity index (χ1n) is 19.2. The normalized spacial score (nSPS) is 22.2. The average Bonchev–Trinajstić information content (AvgIpc) is 3.63. The summed E-state index contributed by atoms with van der Waals surface area (Å²) in [5, 5.41) is 5.88. The number of piperidine rings is 1. The second kappa shape index (κ2) is 17.2. The first kappa shape index (κ1) is 40.2. The first-order valence-corrected chi connectivity index (χ1v) is 19.2. The zero-order valence-electron chi connectivity index (χ0n) is 33.5. The number of carbonyl (C=O) groups is 3. The van der Waals surface area contributed by atoms with Crippen molar-refractivity contribution < 1.29 is 47.5 Å². The minimum atomic E-state index is -0.670. The molecule has 58 heavy (non-hydrogen) atoms. The Kier molecular flexibility index (Phi) is 12.0. The van der Waals surface area contributed by atoms with Crippen molar-refractivity contribution in [1.82, 2.24) is 9.88 Å². The van der Waals surface area contributed by atoms with Gasteiger partial charge in [-0.2, -0.15) is 0 Å². The molecule has 5 aromatic rings. The zero-order valence-corrected chi connectivity index (χ0v) is 33.5. The highest BCUT2D eigenvalue weighted by Crippen LogP contribution is 2.51. The van der Waals surface area contributed by atoms with Crippen molar-refractivity contribution in [1.29, 1.82) is 0 Å². The third-order valence-corrected chi connectivity index (χ3v) is 11.8. The molecule has 14 nitrogen and oxygen atoms in total. The highest BCUT2D eigenvalue weighted by Gasteiger charge is 2.54. The SMILES string of the molecule is COC(=O)[C@H]1[C@H]2C[C@@H]3c4[nH]c5cc(OC)ccc5c4CCN3C[C@H]2C[C@@H](OC(=O)c2cc(OC)c(OC)c(OC)c2)[C@@H]1OC.NC(=O)Nc1cccc2ccccc12. The molecule has 0 bridgehead atoms. The number of primary amides is 1. The Morgan fingerprint density at radius 1 is 0.828 bits per heavy atom. The molecule has 2 aliphatic heterocycles. The fraction of sp³-hybridized carbons (Fsp3) is 0.386. The van der Waals surface area contributed by atoms with Crippen LogP contribution in [0, 0.1) is 17.8 Å². The van der Waals surface area contributed by atoms with Crippen LogP contribution in [0.3, 0.4) is 0 Å². The topological polar surface area (TPSA) is 173 Å². The minimum absolute atomic E-state index is 0.0170. The number of hydrogen-bond acceptors (Lipinski definition) is 11. The number of nitrogens with zero attached hydrogens (tertiary/aromatic N) is 1. The number of carbonyl (C=O) groups excluding carboxylic acids is 3. The average molecular weight is 795 g/mol. The molecule has 1 saturated heterocycles. The van der Waals surface area contributed by atoms with Crippen LogP contribution in [0.5, 0.6) is 23.0 Å². The summed E-state index contributed by atoms with van der Waals surface area (Å²) in [6.45, 7) is 1.68. The summed E-state index contributed by atoms with van der Waals surface area (Å²) in [5.74, 6) is 0.441. The molecule has 306 valence electrons. The third-order valence-electron chi connectivity index (χ3n) is 11.8. The molecule has 1 aromatic heterocycles. The largest absolute Gasteiger partial charge is 0.497 e. The first-order chi connectivity index (χ1) is 28.1. The molecule has 2 fully saturated rings. The Balaban J connectivity index is 0.000000307. The molecule has 6 atom stereocenters. The number of aromatic nitrogens is 1. The molecule has 3 heterocycles. The lowest BCUT2D eigenvalue weighted by molar-refractivity contribution is -0.176. The second-order valence-corrected chi connectivity index (χ2v) is 14.7. The quantitative estimate of drug-likeness (QED) is 0.139. The molecule has 1 saturated carbocycles. The van der Waals surface area contributed by atoms with Crippen molar-refractivity contribution in [2.75, 3.05) is 61.1 Å². The Hall–Kier alpha value is -5.99. The van der Waals surface area contributed by atoms with Crippen LogP contribution in [0.2, 0.25) is 0 Å². The van der Waals surface area contributed by atoms with Crippen LogP contribution in [0.4, 0.5) is 10.5 Å². The number of benzene rings is 4. The number of urea groups is 1. The highest BCUT2D eigenvalue weighted by atomic mass is 16.6. The summed E-state index contributed by atoms with van der Waals surface area (Å²) in [6, 6.07) is 22.4. The number of esters is 2. The number of amides is 2. The van der Waals surface area contributed by atoms with Crippen molar-refractivity contribution in [2.45, 2.75) is 37.5 Å². The van der Waals surface area contributed by atoms with Crippen LogP contribution in [0.25, 0.3) is 21.7 Å². The van der Waals surface area contributed by atoms with Gasteiger partial charge in [-0.3, -0.25) is 9.69 Å². The molecule has 0 radical (unpaired) electrons. The van der Waals surface area contributed by atoms with Gasteiger partial charge in [-0.25, -0.2) is 9.59 Å². The van der Waals surface area contributed by atoms with E-state index in [1.807, 2.05) is 54.6 Å². The summed E-state index contributed by atoms with van der Waals surface area (Å²) in [7, 11) is 9.10.